The van der Waals surface area contributed by atoms with Crippen LogP contribution in [0.4, 0.5) is 0 Å². The topological polar surface area (TPSA) is 57.5 Å². The van der Waals surface area contributed by atoms with Gasteiger partial charge >= 0.3 is 5.97 Å². The van der Waals surface area contributed by atoms with E-state index in [9.17, 15) is 9.90 Å². The van der Waals surface area contributed by atoms with E-state index in [4.69, 9.17) is 5.11 Å². The largest absolute Gasteiger partial charge is 0.481 e. The van der Waals surface area contributed by atoms with Crippen LogP contribution in [0.1, 0.15) is 84.0 Å². The van der Waals surface area contributed by atoms with Gasteiger partial charge < -0.3 is 10.2 Å². The highest BCUT2D eigenvalue weighted by Gasteiger charge is 2.02. The number of hydrogen-bond donors (Lipinski definition) is 2. The fourth-order valence-corrected chi connectivity index (χ4v) is 2.03. The maximum absolute atomic E-state index is 10.3. The summed E-state index contributed by atoms with van der Waals surface area (Å²) in [6, 6.07) is 0. The molecule has 0 aromatic carbocycles. The lowest BCUT2D eigenvalue weighted by atomic mass is 10.0. The molecule has 0 aromatic rings. The van der Waals surface area contributed by atoms with Gasteiger partial charge in [-0.25, -0.2) is 0 Å². The monoisotopic (exact) mass is 282 g/mol. The number of hydrogen-bond acceptors (Lipinski definition) is 2. The van der Waals surface area contributed by atoms with Crippen molar-refractivity contribution < 1.29 is 15.0 Å². The molecule has 0 radical (unpaired) electrons. The van der Waals surface area contributed by atoms with E-state index >= 15 is 0 Å². The molecule has 3 heteroatoms. The summed E-state index contributed by atoms with van der Waals surface area (Å²) in [4.78, 5) is 10.3. The van der Waals surface area contributed by atoms with E-state index in [0.29, 0.717) is 6.42 Å². The Labute approximate surface area is 123 Å². The van der Waals surface area contributed by atoms with Gasteiger partial charge in [0.25, 0.3) is 0 Å². The minimum Gasteiger partial charge on any atom is -0.481 e. The zero-order valence-electron chi connectivity index (χ0n) is 12.9. The fourth-order valence-electron chi connectivity index (χ4n) is 2.03. The molecular formula is C17H30O3. The Hall–Kier alpha value is -1.01. The summed E-state index contributed by atoms with van der Waals surface area (Å²) in [6.07, 6.45) is 10.9. The van der Waals surface area contributed by atoms with Gasteiger partial charge in [-0.15, -0.1) is 11.8 Å². The molecule has 1 atom stereocenters. The van der Waals surface area contributed by atoms with Crippen molar-refractivity contribution in [3.8, 4) is 11.8 Å². The van der Waals surface area contributed by atoms with Crippen molar-refractivity contribution in [1.82, 2.24) is 0 Å². The van der Waals surface area contributed by atoms with Crippen molar-refractivity contribution in [3.05, 3.63) is 0 Å². The number of aliphatic carboxylic acids is 1. The summed E-state index contributed by atoms with van der Waals surface area (Å²) in [5.41, 5.74) is 0. The number of aliphatic hydroxyl groups excluding tert-OH is 1. The lowest BCUT2D eigenvalue weighted by Crippen LogP contribution is -2.05. The van der Waals surface area contributed by atoms with Gasteiger partial charge in [-0.05, 0) is 38.5 Å². The predicted octanol–water partition coefficient (Wildman–Crippen LogP) is 4.14. The average Bonchev–Trinajstić information content (AvgIpc) is 2.41. The van der Waals surface area contributed by atoms with Crippen LogP contribution in [0.15, 0.2) is 0 Å². The maximum atomic E-state index is 10.3. The Bertz CT molecular complexity index is 288. The predicted molar refractivity (Wildman–Crippen MR) is 82.5 cm³/mol. The van der Waals surface area contributed by atoms with Gasteiger partial charge in [-0.1, -0.05) is 26.2 Å². The lowest BCUT2D eigenvalue weighted by Gasteiger charge is -2.08. The molecule has 0 saturated heterocycles. The van der Waals surface area contributed by atoms with E-state index in [0.717, 1.165) is 51.4 Å². The molecule has 0 aliphatic heterocycles. The molecule has 0 fully saturated rings. The van der Waals surface area contributed by atoms with Crippen LogP contribution in [-0.2, 0) is 4.79 Å². The Morgan fingerprint density at radius 2 is 1.50 bits per heavy atom. The molecule has 0 saturated carbocycles. The SMILES string of the molecule is CCCCC[C@H](O)CCCCC#CCCCCC(=O)O. The zero-order chi connectivity index (χ0) is 15.1. The van der Waals surface area contributed by atoms with Gasteiger partial charge in [0.05, 0.1) is 6.10 Å². The molecule has 0 aliphatic rings. The summed E-state index contributed by atoms with van der Waals surface area (Å²) in [6.45, 7) is 2.17. The summed E-state index contributed by atoms with van der Waals surface area (Å²) in [5.74, 6) is 5.48. The van der Waals surface area contributed by atoms with Crippen LogP contribution in [-0.4, -0.2) is 22.3 Å². The smallest absolute Gasteiger partial charge is 0.303 e. The minimum absolute atomic E-state index is 0.134. The summed E-state index contributed by atoms with van der Waals surface area (Å²) in [5, 5.41) is 18.2. The highest BCUT2D eigenvalue weighted by molar-refractivity contribution is 5.66. The van der Waals surface area contributed by atoms with Gasteiger partial charge in [-0.2, -0.15) is 0 Å². The number of carboxylic acids is 1. The van der Waals surface area contributed by atoms with Crippen LogP contribution in [0.2, 0.25) is 0 Å². The Morgan fingerprint density at radius 3 is 2.05 bits per heavy atom. The van der Waals surface area contributed by atoms with Crippen molar-refractivity contribution in [3.63, 3.8) is 0 Å². The highest BCUT2D eigenvalue weighted by atomic mass is 16.4. The van der Waals surface area contributed by atoms with Gasteiger partial charge in [0.15, 0.2) is 0 Å². The molecule has 116 valence electrons. The molecule has 20 heavy (non-hydrogen) atoms. The zero-order valence-corrected chi connectivity index (χ0v) is 12.9. The van der Waals surface area contributed by atoms with Crippen LogP contribution >= 0.6 is 0 Å². The third-order valence-corrected chi connectivity index (χ3v) is 3.30. The standard InChI is InChI=1S/C17H30O3/c1-2-3-10-13-16(18)14-11-8-6-4-5-7-9-12-15-17(19)20/h16,18H,2-3,6-15H2,1H3,(H,19,20)/t16-/m0/s1. The number of carboxylic acid groups (broad SMARTS) is 1. The summed E-state index contributed by atoms with van der Waals surface area (Å²) in [7, 11) is 0. The van der Waals surface area contributed by atoms with Crippen LogP contribution in [0.5, 0.6) is 0 Å². The normalized spacial score (nSPS) is 11.7. The second kappa shape index (κ2) is 14.4. The molecule has 0 bridgehead atoms. The number of carbonyl (C=O) groups is 1. The Kier molecular flexibility index (Phi) is 13.7. The van der Waals surface area contributed by atoms with Crippen LogP contribution in [0, 0.1) is 11.8 Å². The maximum Gasteiger partial charge on any atom is 0.303 e. The quantitative estimate of drug-likeness (QED) is 0.418. The molecule has 0 aliphatic carbocycles. The average molecular weight is 282 g/mol. The molecule has 0 amide bonds. The van der Waals surface area contributed by atoms with E-state index < -0.39 is 5.97 Å². The van der Waals surface area contributed by atoms with E-state index in [1.54, 1.807) is 0 Å². The first kappa shape index (κ1) is 19.0. The van der Waals surface area contributed by atoms with E-state index in [1.165, 1.54) is 12.8 Å². The van der Waals surface area contributed by atoms with Crippen molar-refractivity contribution in [2.75, 3.05) is 0 Å². The van der Waals surface area contributed by atoms with Crippen molar-refractivity contribution in [2.24, 2.45) is 0 Å². The van der Waals surface area contributed by atoms with Crippen LogP contribution in [0.25, 0.3) is 0 Å². The van der Waals surface area contributed by atoms with Gasteiger partial charge in [0.1, 0.15) is 0 Å². The van der Waals surface area contributed by atoms with Crippen molar-refractivity contribution >= 4 is 5.97 Å². The molecule has 2 N–H and O–H groups in total. The van der Waals surface area contributed by atoms with Crippen molar-refractivity contribution in [2.45, 2.75) is 90.1 Å². The van der Waals surface area contributed by atoms with Crippen LogP contribution < -0.4 is 0 Å². The van der Waals surface area contributed by atoms with E-state index in [2.05, 4.69) is 18.8 Å². The van der Waals surface area contributed by atoms with Gasteiger partial charge in [-0.3, -0.25) is 4.79 Å². The Balaban J connectivity index is 3.28. The molecule has 0 spiro atoms. The number of unbranched alkanes of at least 4 members (excludes halogenated alkanes) is 6. The first-order chi connectivity index (χ1) is 9.66. The minimum atomic E-state index is -0.726. The molecular weight excluding hydrogens is 252 g/mol. The second-order valence-electron chi connectivity index (χ2n) is 5.35. The van der Waals surface area contributed by atoms with E-state index in [-0.39, 0.29) is 12.5 Å². The lowest BCUT2D eigenvalue weighted by molar-refractivity contribution is -0.137. The highest BCUT2D eigenvalue weighted by Crippen LogP contribution is 2.10. The third kappa shape index (κ3) is 15.0. The second-order valence-corrected chi connectivity index (χ2v) is 5.35. The molecule has 0 aromatic heterocycles. The van der Waals surface area contributed by atoms with Gasteiger partial charge in [0.2, 0.25) is 0 Å². The third-order valence-electron chi connectivity index (χ3n) is 3.30. The fraction of sp³-hybridized carbons (Fsp3) is 0.824. The van der Waals surface area contributed by atoms with Gasteiger partial charge in [0, 0.05) is 19.3 Å². The first-order valence-electron chi connectivity index (χ1n) is 8.02. The first-order valence-corrected chi connectivity index (χ1v) is 8.02. The van der Waals surface area contributed by atoms with E-state index in [1.807, 2.05) is 0 Å². The number of aliphatic hydroxyl groups is 1. The molecule has 3 nitrogen and oxygen atoms in total. The summed E-state index contributed by atoms with van der Waals surface area (Å²) >= 11 is 0. The van der Waals surface area contributed by atoms with Crippen LogP contribution in [0.3, 0.4) is 0 Å². The molecule has 0 rings (SSSR count). The summed E-state index contributed by atoms with van der Waals surface area (Å²) < 4.78 is 0. The number of rotatable bonds is 12. The molecule has 0 heterocycles. The van der Waals surface area contributed by atoms with Crippen molar-refractivity contribution in [1.29, 1.82) is 0 Å². The Morgan fingerprint density at radius 1 is 0.950 bits per heavy atom. The molecule has 0 unspecified atom stereocenters.